The molecule has 1 atom stereocenters. The number of aromatic carboxylic acids is 1. The third kappa shape index (κ3) is 2.34. The lowest BCUT2D eigenvalue weighted by molar-refractivity contribution is 0.0690. The van der Waals surface area contributed by atoms with Crippen molar-refractivity contribution < 1.29 is 9.90 Å². The van der Waals surface area contributed by atoms with Crippen molar-refractivity contribution in [1.82, 2.24) is 14.4 Å². The van der Waals surface area contributed by atoms with Crippen molar-refractivity contribution in [3.63, 3.8) is 0 Å². The standard InChI is InChI=1S/C13H17N3O2/c1-3-5-9(4-2)10-7-16-8-11(13(17)18)14-6-12(16)15-10/h6-9H,3-5H2,1-2H3,(H,17,18). The van der Waals surface area contributed by atoms with Crippen molar-refractivity contribution in [1.29, 1.82) is 0 Å². The van der Waals surface area contributed by atoms with Gasteiger partial charge in [-0.05, 0) is 12.8 Å². The van der Waals surface area contributed by atoms with Gasteiger partial charge in [-0.2, -0.15) is 0 Å². The highest BCUT2D eigenvalue weighted by molar-refractivity contribution is 5.85. The van der Waals surface area contributed by atoms with E-state index in [1.807, 2.05) is 6.20 Å². The van der Waals surface area contributed by atoms with Crippen LogP contribution in [0.15, 0.2) is 18.6 Å². The third-order valence-corrected chi connectivity index (χ3v) is 3.13. The Labute approximate surface area is 105 Å². The summed E-state index contributed by atoms with van der Waals surface area (Å²) >= 11 is 0. The number of aromatic nitrogens is 3. The van der Waals surface area contributed by atoms with Gasteiger partial charge in [0.15, 0.2) is 11.3 Å². The van der Waals surface area contributed by atoms with Crippen LogP contribution in [0.3, 0.4) is 0 Å². The monoisotopic (exact) mass is 247 g/mol. The number of carboxylic acids is 1. The Bertz CT molecular complexity index is 562. The highest BCUT2D eigenvalue weighted by atomic mass is 16.4. The molecule has 96 valence electrons. The summed E-state index contributed by atoms with van der Waals surface area (Å²) < 4.78 is 1.74. The van der Waals surface area contributed by atoms with Crippen LogP contribution in [-0.2, 0) is 0 Å². The van der Waals surface area contributed by atoms with Crippen molar-refractivity contribution in [2.45, 2.75) is 39.0 Å². The van der Waals surface area contributed by atoms with Gasteiger partial charge in [-0.15, -0.1) is 0 Å². The minimum absolute atomic E-state index is 0.0370. The molecular formula is C13H17N3O2. The highest BCUT2D eigenvalue weighted by Gasteiger charge is 2.14. The molecule has 0 fully saturated rings. The fraction of sp³-hybridized carbons (Fsp3) is 0.462. The van der Waals surface area contributed by atoms with E-state index in [1.54, 1.807) is 4.40 Å². The Hall–Kier alpha value is -1.91. The van der Waals surface area contributed by atoms with Crippen molar-refractivity contribution in [3.8, 4) is 0 Å². The average Bonchev–Trinajstić information content (AvgIpc) is 2.78. The quantitative estimate of drug-likeness (QED) is 0.882. The zero-order valence-electron chi connectivity index (χ0n) is 10.6. The van der Waals surface area contributed by atoms with Crippen LogP contribution in [0.4, 0.5) is 0 Å². The largest absolute Gasteiger partial charge is 0.476 e. The second-order valence-electron chi connectivity index (χ2n) is 4.40. The van der Waals surface area contributed by atoms with Crippen molar-refractivity contribution in [3.05, 3.63) is 30.0 Å². The molecule has 0 aliphatic rings. The molecule has 2 aromatic rings. The van der Waals surface area contributed by atoms with Crippen LogP contribution in [0.25, 0.3) is 5.65 Å². The van der Waals surface area contributed by atoms with Crippen LogP contribution in [0, 0.1) is 0 Å². The molecule has 0 amide bonds. The molecule has 1 N–H and O–H groups in total. The van der Waals surface area contributed by atoms with Crippen LogP contribution in [0.2, 0.25) is 0 Å². The first kappa shape index (κ1) is 12.5. The number of hydrogen-bond acceptors (Lipinski definition) is 3. The van der Waals surface area contributed by atoms with E-state index in [1.165, 1.54) is 12.4 Å². The Balaban J connectivity index is 2.40. The Morgan fingerprint density at radius 2 is 2.22 bits per heavy atom. The predicted molar refractivity (Wildman–Crippen MR) is 67.9 cm³/mol. The predicted octanol–water partition coefficient (Wildman–Crippen LogP) is 2.72. The molecule has 0 saturated carbocycles. The smallest absolute Gasteiger partial charge is 0.356 e. The van der Waals surface area contributed by atoms with Crippen molar-refractivity contribution in [2.75, 3.05) is 0 Å². The van der Waals surface area contributed by atoms with Crippen LogP contribution < -0.4 is 0 Å². The summed E-state index contributed by atoms with van der Waals surface area (Å²) in [6.07, 6.45) is 8.17. The third-order valence-electron chi connectivity index (χ3n) is 3.13. The van der Waals surface area contributed by atoms with Crippen LogP contribution in [0.5, 0.6) is 0 Å². The van der Waals surface area contributed by atoms with E-state index in [9.17, 15) is 4.79 Å². The second-order valence-corrected chi connectivity index (χ2v) is 4.40. The molecular weight excluding hydrogens is 230 g/mol. The van der Waals surface area contributed by atoms with E-state index in [4.69, 9.17) is 5.11 Å². The Morgan fingerprint density at radius 1 is 1.44 bits per heavy atom. The number of rotatable bonds is 5. The zero-order chi connectivity index (χ0) is 13.1. The minimum atomic E-state index is -1.02. The molecule has 2 aromatic heterocycles. The van der Waals surface area contributed by atoms with Gasteiger partial charge in [0.05, 0.1) is 11.9 Å². The minimum Gasteiger partial charge on any atom is -0.476 e. The fourth-order valence-corrected chi connectivity index (χ4v) is 2.14. The molecule has 5 heteroatoms. The lowest BCUT2D eigenvalue weighted by Gasteiger charge is -2.09. The number of fused-ring (bicyclic) bond motifs is 1. The van der Waals surface area contributed by atoms with Gasteiger partial charge < -0.3 is 9.51 Å². The lowest BCUT2D eigenvalue weighted by Crippen LogP contribution is -2.01. The molecule has 2 rings (SSSR count). The summed E-state index contributed by atoms with van der Waals surface area (Å²) in [5.41, 5.74) is 1.75. The summed E-state index contributed by atoms with van der Waals surface area (Å²) in [5.74, 6) is -0.587. The molecule has 0 bridgehead atoms. The van der Waals surface area contributed by atoms with Crippen LogP contribution >= 0.6 is 0 Å². The van der Waals surface area contributed by atoms with E-state index < -0.39 is 5.97 Å². The molecule has 18 heavy (non-hydrogen) atoms. The van der Waals surface area contributed by atoms with E-state index in [-0.39, 0.29) is 5.69 Å². The Morgan fingerprint density at radius 3 is 2.83 bits per heavy atom. The molecule has 0 aliphatic heterocycles. The summed E-state index contributed by atoms with van der Waals surface area (Å²) in [4.78, 5) is 19.2. The van der Waals surface area contributed by atoms with Gasteiger partial charge in [-0.25, -0.2) is 14.8 Å². The fourth-order valence-electron chi connectivity index (χ4n) is 2.14. The van der Waals surface area contributed by atoms with Gasteiger partial charge in [0.2, 0.25) is 0 Å². The van der Waals surface area contributed by atoms with Crippen molar-refractivity contribution in [2.24, 2.45) is 0 Å². The number of carboxylic acid groups (broad SMARTS) is 1. The van der Waals surface area contributed by atoms with Gasteiger partial charge >= 0.3 is 5.97 Å². The number of hydrogen-bond donors (Lipinski definition) is 1. The van der Waals surface area contributed by atoms with Gasteiger partial charge in [0, 0.05) is 18.3 Å². The average molecular weight is 247 g/mol. The molecule has 0 spiro atoms. The van der Waals surface area contributed by atoms with Gasteiger partial charge in [0.25, 0.3) is 0 Å². The summed E-state index contributed by atoms with van der Waals surface area (Å²) in [6.45, 7) is 4.30. The summed E-state index contributed by atoms with van der Waals surface area (Å²) in [6, 6.07) is 0. The SMILES string of the molecule is CCCC(CC)c1cn2cc(C(=O)O)ncc2n1. The van der Waals surface area contributed by atoms with E-state index in [0.717, 1.165) is 25.0 Å². The molecule has 0 aliphatic carbocycles. The maximum atomic E-state index is 10.8. The molecule has 5 nitrogen and oxygen atoms in total. The molecule has 0 radical (unpaired) electrons. The maximum Gasteiger partial charge on any atom is 0.356 e. The zero-order valence-corrected chi connectivity index (χ0v) is 10.6. The van der Waals surface area contributed by atoms with Gasteiger partial charge in [0.1, 0.15) is 0 Å². The van der Waals surface area contributed by atoms with Crippen molar-refractivity contribution >= 4 is 11.6 Å². The molecule has 2 heterocycles. The normalized spacial score (nSPS) is 12.8. The number of carbonyl (C=O) groups is 1. The van der Waals surface area contributed by atoms with E-state index in [2.05, 4.69) is 23.8 Å². The lowest BCUT2D eigenvalue weighted by atomic mass is 9.98. The van der Waals surface area contributed by atoms with E-state index in [0.29, 0.717) is 11.6 Å². The number of imidazole rings is 1. The first-order valence-electron chi connectivity index (χ1n) is 6.23. The maximum absolute atomic E-state index is 10.8. The topological polar surface area (TPSA) is 67.5 Å². The molecule has 1 unspecified atom stereocenters. The van der Waals surface area contributed by atoms with Gasteiger partial charge in [-0.3, -0.25) is 0 Å². The van der Waals surface area contributed by atoms with E-state index >= 15 is 0 Å². The van der Waals surface area contributed by atoms with Crippen LogP contribution in [0.1, 0.15) is 55.2 Å². The molecule has 0 aromatic carbocycles. The van der Waals surface area contributed by atoms with Gasteiger partial charge in [-0.1, -0.05) is 20.3 Å². The second kappa shape index (κ2) is 5.16. The Kier molecular flexibility index (Phi) is 3.60. The highest BCUT2D eigenvalue weighted by Crippen LogP contribution is 2.24. The summed E-state index contributed by atoms with van der Waals surface area (Å²) in [7, 11) is 0. The number of nitrogens with zero attached hydrogens (tertiary/aromatic N) is 3. The first-order chi connectivity index (χ1) is 8.65. The molecule has 0 saturated heterocycles. The van der Waals surface area contributed by atoms with Crippen LogP contribution in [-0.4, -0.2) is 25.4 Å². The summed E-state index contributed by atoms with van der Waals surface area (Å²) in [5, 5.41) is 8.89. The first-order valence-corrected chi connectivity index (χ1v) is 6.23.